The summed E-state index contributed by atoms with van der Waals surface area (Å²) in [6.07, 6.45) is 1.68. The highest BCUT2D eigenvalue weighted by atomic mass is 35.5. The van der Waals surface area contributed by atoms with Crippen molar-refractivity contribution in [3.8, 4) is 5.75 Å². The Morgan fingerprint density at radius 3 is 2.63 bits per heavy atom. The molecule has 1 N–H and O–H groups in total. The maximum Gasteiger partial charge on any atom is 0.275 e. The van der Waals surface area contributed by atoms with Gasteiger partial charge in [-0.05, 0) is 43.4 Å². The van der Waals surface area contributed by atoms with E-state index in [1.165, 1.54) is 11.3 Å². The summed E-state index contributed by atoms with van der Waals surface area (Å²) in [5.74, 6) is 1.36. The Morgan fingerprint density at radius 1 is 1.17 bits per heavy atom. The van der Waals surface area contributed by atoms with Crippen LogP contribution in [0.3, 0.4) is 0 Å². The number of ether oxygens (including phenoxy) is 1. The molecule has 9 heteroatoms. The van der Waals surface area contributed by atoms with Crippen LogP contribution in [0.25, 0.3) is 0 Å². The zero-order valence-corrected chi connectivity index (χ0v) is 18.1. The normalized spacial score (nSPS) is 14.5. The summed E-state index contributed by atoms with van der Waals surface area (Å²) in [5, 5.41) is 5.95. The van der Waals surface area contributed by atoms with Crippen molar-refractivity contribution in [3.05, 3.63) is 63.7 Å². The number of pyridine rings is 1. The first-order valence-corrected chi connectivity index (χ1v) is 10.9. The van der Waals surface area contributed by atoms with Gasteiger partial charge < -0.3 is 19.9 Å². The van der Waals surface area contributed by atoms with Gasteiger partial charge in [-0.3, -0.25) is 4.79 Å². The van der Waals surface area contributed by atoms with Crippen molar-refractivity contribution in [1.82, 2.24) is 14.9 Å². The van der Waals surface area contributed by atoms with Gasteiger partial charge in [-0.25, -0.2) is 9.97 Å². The number of piperazine rings is 1. The van der Waals surface area contributed by atoms with Crippen LogP contribution in [-0.2, 0) is 6.61 Å². The molecule has 2 aromatic heterocycles. The zero-order chi connectivity index (χ0) is 20.9. The second kappa shape index (κ2) is 9.42. The first kappa shape index (κ1) is 20.6. The molecule has 1 aliphatic rings. The first-order chi connectivity index (χ1) is 14.6. The highest BCUT2D eigenvalue weighted by Gasteiger charge is 2.16. The number of hydrogen-bond donors (Lipinski definition) is 1. The van der Waals surface area contributed by atoms with Crippen molar-refractivity contribution in [1.29, 1.82) is 0 Å². The van der Waals surface area contributed by atoms with Gasteiger partial charge in [-0.2, -0.15) is 0 Å². The smallest absolute Gasteiger partial charge is 0.275 e. The minimum absolute atomic E-state index is 0.266. The molecule has 1 amide bonds. The molecule has 0 radical (unpaired) electrons. The van der Waals surface area contributed by atoms with E-state index in [0.717, 1.165) is 37.0 Å². The molecule has 30 heavy (non-hydrogen) atoms. The molecule has 0 aliphatic carbocycles. The molecular formula is C21H22ClN5O2S. The van der Waals surface area contributed by atoms with E-state index in [9.17, 15) is 4.79 Å². The topological polar surface area (TPSA) is 70.6 Å². The van der Waals surface area contributed by atoms with E-state index < -0.39 is 0 Å². The fourth-order valence-electron chi connectivity index (χ4n) is 3.04. The standard InChI is InChI=1S/C21H22ClN5O2S/c1-26-8-10-27(11-9-26)19-7-4-16(12-23-19)24-21(28)18-14-30-20(25-18)13-29-17-5-2-15(22)3-6-17/h2-7,12,14H,8-11,13H2,1H3,(H,24,28). The minimum Gasteiger partial charge on any atom is -0.486 e. The van der Waals surface area contributed by atoms with E-state index in [0.29, 0.717) is 28.8 Å². The molecule has 0 saturated carbocycles. The van der Waals surface area contributed by atoms with Crippen LogP contribution >= 0.6 is 22.9 Å². The lowest BCUT2D eigenvalue weighted by Crippen LogP contribution is -2.44. The Labute approximate surface area is 184 Å². The highest BCUT2D eigenvalue weighted by molar-refractivity contribution is 7.09. The summed E-state index contributed by atoms with van der Waals surface area (Å²) in [6, 6.07) is 10.9. The maximum atomic E-state index is 12.5. The van der Waals surface area contributed by atoms with Crippen molar-refractivity contribution >= 4 is 40.4 Å². The van der Waals surface area contributed by atoms with Crippen molar-refractivity contribution in [2.75, 3.05) is 43.4 Å². The predicted molar refractivity (Wildman–Crippen MR) is 120 cm³/mol. The van der Waals surface area contributed by atoms with Crippen LogP contribution in [0.2, 0.25) is 5.02 Å². The van der Waals surface area contributed by atoms with Crippen molar-refractivity contribution in [2.45, 2.75) is 6.61 Å². The fraction of sp³-hybridized carbons (Fsp3) is 0.286. The third-order valence-corrected chi connectivity index (χ3v) is 5.87. The van der Waals surface area contributed by atoms with Crippen LogP contribution in [0.5, 0.6) is 5.75 Å². The number of carbonyl (C=O) groups excluding carboxylic acids is 1. The summed E-state index contributed by atoms with van der Waals surface area (Å²) in [6.45, 7) is 4.24. The number of amides is 1. The summed E-state index contributed by atoms with van der Waals surface area (Å²) >= 11 is 7.25. The molecule has 7 nitrogen and oxygen atoms in total. The number of hydrogen-bond acceptors (Lipinski definition) is 7. The van der Waals surface area contributed by atoms with Crippen molar-refractivity contribution in [3.63, 3.8) is 0 Å². The van der Waals surface area contributed by atoms with Crippen LogP contribution < -0.4 is 15.0 Å². The predicted octanol–water partition coefficient (Wildman–Crippen LogP) is 3.77. The van der Waals surface area contributed by atoms with Gasteiger partial charge in [-0.15, -0.1) is 11.3 Å². The highest BCUT2D eigenvalue weighted by Crippen LogP contribution is 2.20. The zero-order valence-electron chi connectivity index (χ0n) is 16.5. The summed E-state index contributed by atoms with van der Waals surface area (Å²) in [5.41, 5.74) is 1.00. The first-order valence-electron chi connectivity index (χ1n) is 9.60. The van der Waals surface area contributed by atoms with Crippen LogP contribution in [0.15, 0.2) is 48.0 Å². The van der Waals surface area contributed by atoms with E-state index in [1.54, 1.807) is 35.8 Å². The molecule has 156 valence electrons. The quantitative estimate of drug-likeness (QED) is 0.625. The number of likely N-dealkylation sites (N-methyl/N-ethyl adjacent to an activating group) is 1. The largest absolute Gasteiger partial charge is 0.486 e. The molecule has 0 unspecified atom stereocenters. The third kappa shape index (κ3) is 5.27. The van der Waals surface area contributed by atoms with Crippen molar-refractivity contribution in [2.24, 2.45) is 0 Å². The molecule has 1 aliphatic heterocycles. The Bertz CT molecular complexity index is 985. The molecule has 1 saturated heterocycles. The van der Waals surface area contributed by atoms with Gasteiger partial charge in [0.1, 0.15) is 28.9 Å². The van der Waals surface area contributed by atoms with E-state index in [2.05, 4.69) is 32.1 Å². The van der Waals surface area contributed by atoms with Gasteiger partial charge in [0.15, 0.2) is 0 Å². The average molecular weight is 444 g/mol. The summed E-state index contributed by atoms with van der Waals surface area (Å²) in [4.78, 5) is 25.9. The molecule has 3 aromatic rings. The molecule has 1 aromatic carbocycles. The third-order valence-electron chi connectivity index (χ3n) is 4.79. The second-order valence-corrected chi connectivity index (χ2v) is 8.40. The molecular weight excluding hydrogens is 422 g/mol. The van der Waals surface area contributed by atoms with E-state index in [-0.39, 0.29) is 5.91 Å². The number of carbonyl (C=O) groups is 1. The van der Waals surface area contributed by atoms with Crippen LogP contribution in [0.1, 0.15) is 15.5 Å². The van der Waals surface area contributed by atoms with Gasteiger partial charge in [0, 0.05) is 36.6 Å². The number of nitrogens with zero attached hydrogens (tertiary/aromatic N) is 4. The number of rotatable bonds is 6. The summed E-state index contributed by atoms with van der Waals surface area (Å²) in [7, 11) is 2.12. The molecule has 0 bridgehead atoms. The second-order valence-electron chi connectivity index (χ2n) is 7.02. The Hall–Kier alpha value is -2.68. The van der Waals surface area contributed by atoms with Gasteiger partial charge in [0.2, 0.25) is 0 Å². The molecule has 1 fully saturated rings. The van der Waals surface area contributed by atoms with Gasteiger partial charge >= 0.3 is 0 Å². The van der Waals surface area contributed by atoms with Gasteiger partial charge in [0.25, 0.3) is 5.91 Å². The minimum atomic E-state index is -0.266. The Morgan fingerprint density at radius 2 is 1.93 bits per heavy atom. The van der Waals surface area contributed by atoms with Crippen LogP contribution in [-0.4, -0.2) is 54.0 Å². The van der Waals surface area contributed by atoms with Crippen LogP contribution in [0.4, 0.5) is 11.5 Å². The molecule has 3 heterocycles. The average Bonchev–Trinajstić information content (AvgIpc) is 3.24. The molecule has 0 atom stereocenters. The molecule has 4 rings (SSSR count). The lowest BCUT2D eigenvalue weighted by molar-refractivity contribution is 0.102. The molecule has 0 spiro atoms. The number of aromatic nitrogens is 2. The lowest BCUT2D eigenvalue weighted by atomic mass is 10.3. The number of halogens is 1. The van der Waals surface area contributed by atoms with Gasteiger partial charge in [-0.1, -0.05) is 11.6 Å². The van der Waals surface area contributed by atoms with Crippen molar-refractivity contribution < 1.29 is 9.53 Å². The lowest BCUT2D eigenvalue weighted by Gasteiger charge is -2.33. The van der Waals surface area contributed by atoms with E-state index in [1.807, 2.05) is 12.1 Å². The van der Waals surface area contributed by atoms with Crippen LogP contribution in [0, 0.1) is 0 Å². The van der Waals surface area contributed by atoms with E-state index in [4.69, 9.17) is 16.3 Å². The maximum absolute atomic E-state index is 12.5. The Kier molecular flexibility index (Phi) is 6.47. The van der Waals surface area contributed by atoms with E-state index >= 15 is 0 Å². The summed E-state index contributed by atoms with van der Waals surface area (Å²) < 4.78 is 5.68. The Balaban J connectivity index is 1.31. The number of thiazole rings is 1. The SMILES string of the molecule is CN1CCN(c2ccc(NC(=O)c3csc(COc4ccc(Cl)cc4)n3)cn2)CC1. The monoisotopic (exact) mass is 443 g/mol. The number of anilines is 2. The number of benzene rings is 1. The fourth-order valence-corrected chi connectivity index (χ4v) is 3.85. The van der Waals surface area contributed by atoms with Gasteiger partial charge in [0.05, 0.1) is 11.9 Å². The number of nitrogens with one attached hydrogen (secondary N) is 1.